The highest BCUT2D eigenvalue weighted by atomic mass is 19.1. The molecule has 4 heteroatoms. The Morgan fingerprint density at radius 2 is 1.95 bits per heavy atom. The number of likely N-dealkylation sites (N-methyl/N-ethyl adjacent to an activating group) is 1. The first-order valence-corrected chi connectivity index (χ1v) is 6.81. The SMILES string of the molecule is CNC(Cc1cccc(OC)c1F)c1ccc(F)c(C)c1. The van der Waals surface area contributed by atoms with Gasteiger partial charge in [0.25, 0.3) is 0 Å². The van der Waals surface area contributed by atoms with E-state index < -0.39 is 0 Å². The third-order valence-electron chi connectivity index (χ3n) is 3.62. The molecule has 0 aliphatic rings. The molecule has 0 bridgehead atoms. The van der Waals surface area contributed by atoms with Crippen molar-refractivity contribution in [3.05, 3.63) is 64.7 Å². The molecular formula is C17H19F2NO. The first kappa shape index (κ1) is 15.4. The first-order valence-electron chi connectivity index (χ1n) is 6.81. The highest BCUT2D eigenvalue weighted by Gasteiger charge is 2.16. The van der Waals surface area contributed by atoms with Gasteiger partial charge < -0.3 is 10.1 Å². The predicted octanol–water partition coefficient (Wildman–Crippen LogP) is 3.79. The van der Waals surface area contributed by atoms with Crippen molar-refractivity contribution in [3.63, 3.8) is 0 Å². The summed E-state index contributed by atoms with van der Waals surface area (Å²) in [6, 6.07) is 9.95. The molecule has 0 aliphatic carbocycles. The summed E-state index contributed by atoms with van der Waals surface area (Å²) in [4.78, 5) is 0. The van der Waals surface area contributed by atoms with Gasteiger partial charge in [0, 0.05) is 6.04 Å². The maximum atomic E-state index is 14.2. The summed E-state index contributed by atoms with van der Waals surface area (Å²) < 4.78 is 32.6. The minimum absolute atomic E-state index is 0.0918. The molecular weight excluding hydrogens is 272 g/mol. The van der Waals surface area contributed by atoms with Gasteiger partial charge in [0.15, 0.2) is 11.6 Å². The van der Waals surface area contributed by atoms with Crippen LogP contribution in [0.25, 0.3) is 0 Å². The molecule has 1 unspecified atom stereocenters. The quantitative estimate of drug-likeness (QED) is 0.905. The lowest BCUT2D eigenvalue weighted by molar-refractivity contribution is 0.383. The van der Waals surface area contributed by atoms with Crippen molar-refractivity contribution in [1.82, 2.24) is 5.32 Å². The maximum absolute atomic E-state index is 14.2. The lowest BCUT2D eigenvalue weighted by atomic mass is 9.97. The third kappa shape index (κ3) is 3.39. The number of aryl methyl sites for hydroxylation is 1. The van der Waals surface area contributed by atoms with Crippen LogP contribution in [0.2, 0.25) is 0 Å². The van der Waals surface area contributed by atoms with E-state index in [1.807, 2.05) is 0 Å². The molecule has 0 amide bonds. The van der Waals surface area contributed by atoms with Crippen molar-refractivity contribution in [1.29, 1.82) is 0 Å². The van der Waals surface area contributed by atoms with Crippen LogP contribution in [-0.4, -0.2) is 14.2 Å². The van der Waals surface area contributed by atoms with Crippen molar-refractivity contribution in [2.45, 2.75) is 19.4 Å². The van der Waals surface area contributed by atoms with Gasteiger partial charge in [-0.05, 0) is 49.2 Å². The van der Waals surface area contributed by atoms with E-state index in [1.165, 1.54) is 13.2 Å². The normalized spacial score (nSPS) is 12.2. The van der Waals surface area contributed by atoms with E-state index in [0.29, 0.717) is 17.5 Å². The van der Waals surface area contributed by atoms with Crippen LogP contribution in [-0.2, 0) is 6.42 Å². The number of benzene rings is 2. The van der Waals surface area contributed by atoms with Crippen LogP contribution >= 0.6 is 0 Å². The summed E-state index contributed by atoms with van der Waals surface area (Å²) in [5.41, 5.74) is 2.08. The Labute approximate surface area is 123 Å². The second-order valence-corrected chi connectivity index (χ2v) is 4.99. The van der Waals surface area contributed by atoms with Gasteiger partial charge in [-0.15, -0.1) is 0 Å². The Morgan fingerprint density at radius 3 is 2.57 bits per heavy atom. The number of rotatable bonds is 5. The summed E-state index contributed by atoms with van der Waals surface area (Å²) >= 11 is 0. The van der Waals surface area contributed by atoms with Gasteiger partial charge in [-0.2, -0.15) is 0 Å². The van der Waals surface area contributed by atoms with E-state index in [0.717, 1.165) is 5.56 Å². The van der Waals surface area contributed by atoms with E-state index >= 15 is 0 Å². The molecule has 0 aromatic heterocycles. The number of nitrogens with one attached hydrogen (secondary N) is 1. The Morgan fingerprint density at radius 1 is 1.19 bits per heavy atom. The van der Waals surface area contributed by atoms with Gasteiger partial charge in [-0.3, -0.25) is 0 Å². The van der Waals surface area contributed by atoms with Crippen LogP contribution in [0.5, 0.6) is 5.75 Å². The number of ether oxygens (including phenoxy) is 1. The van der Waals surface area contributed by atoms with Gasteiger partial charge in [0.2, 0.25) is 0 Å². The molecule has 2 nitrogen and oxygen atoms in total. The average Bonchev–Trinajstić information content (AvgIpc) is 2.49. The molecule has 1 N–H and O–H groups in total. The molecule has 0 fully saturated rings. The van der Waals surface area contributed by atoms with Crippen molar-refractivity contribution >= 4 is 0 Å². The molecule has 2 rings (SSSR count). The standard InChI is InChI=1S/C17H19F2NO/c1-11-9-12(7-8-14(11)18)15(20-2)10-13-5-4-6-16(21-3)17(13)19/h4-9,15,20H,10H2,1-3H3. The van der Waals surface area contributed by atoms with Crippen LogP contribution in [0, 0.1) is 18.6 Å². The van der Waals surface area contributed by atoms with E-state index in [2.05, 4.69) is 5.32 Å². The fourth-order valence-electron chi connectivity index (χ4n) is 2.36. The number of hydrogen-bond acceptors (Lipinski definition) is 2. The monoisotopic (exact) mass is 291 g/mol. The Kier molecular flexibility index (Phi) is 4.91. The fraction of sp³-hybridized carbons (Fsp3) is 0.294. The molecule has 0 aliphatic heterocycles. The van der Waals surface area contributed by atoms with E-state index in [9.17, 15) is 8.78 Å². The van der Waals surface area contributed by atoms with Gasteiger partial charge in [0.05, 0.1) is 7.11 Å². The molecule has 0 heterocycles. The van der Waals surface area contributed by atoms with Gasteiger partial charge >= 0.3 is 0 Å². The fourth-order valence-corrected chi connectivity index (χ4v) is 2.36. The molecule has 2 aromatic rings. The number of methoxy groups -OCH3 is 1. The van der Waals surface area contributed by atoms with E-state index in [1.54, 1.807) is 44.3 Å². The number of halogens is 2. The summed E-state index contributed by atoms with van der Waals surface area (Å²) in [7, 11) is 3.25. The topological polar surface area (TPSA) is 21.3 Å². The second-order valence-electron chi connectivity index (χ2n) is 4.99. The summed E-state index contributed by atoms with van der Waals surface area (Å²) in [5, 5.41) is 3.15. The van der Waals surface area contributed by atoms with Crippen LogP contribution < -0.4 is 10.1 Å². The number of hydrogen-bond donors (Lipinski definition) is 1. The van der Waals surface area contributed by atoms with Gasteiger partial charge in [-0.1, -0.05) is 24.3 Å². The molecule has 0 saturated carbocycles. The zero-order valence-electron chi connectivity index (χ0n) is 12.4. The largest absolute Gasteiger partial charge is 0.494 e. The first-order chi connectivity index (χ1) is 10.1. The molecule has 0 spiro atoms. The van der Waals surface area contributed by atoms with Crippen molar-refractivity contribution in [2.24, 2.45) is 0 Å². The van der Waals surface area contributed by atoms with Crippen LogP contribution in [0.3, 0.4) is 0 Å². The molecule has 1 atom stereocenters. The van der Waals surface area contributed by atoms with Crippen LogP contribution in [0.1, 0.15) is 22.7 Å². The minimum Gasteiger partial charge on any atom is -0.494 e. The smallest absolute Gasteiger partial charge is 0.168 e. The summed E-state index contributed by atoms with van der Waals surface area (Å²) in [5.74, 6) is -0.349. The molecule has 21 heavy (non-hydrogen) atoms. The second kappa shape index (κ2) is 6.68. The minimum atomic E-state index is -0.348. The van der Waals surface area contributed by atoms with E-state index in [-0.39, 0.29) is 23.4 Å². The van der Waals surface area contributed by atoms with Gasteiger partial charge in [-0.25, -0.2) is 8.78 Å². The van der Waals surface area contributed by atoms with Crippen LogP contribution in [0.4, 0.5) is 8.78 Å². The molecule has 0 radical (unpaired) electrons. The lowest BCUT2D eigenvalue weighted by Crippen LogP contribution is -2.19. The maximum Gasteiger partial charge on any atom is 0.168 e. The third-order valence-corrected chi connectivity index (χ3v) is 3.62. The molecule has 0 saturated heterocycles. The zero-order chi connectivity index (χ0) is 15.4. The lowest BCUT2D eigenvalue weighted by Gasteiger charge is -2.18. The molecule has 112 valence electrons. The van der Waals surface area contributed by atoms with Crippen molar-refractivity contribution in [2.75, 3.05) is 14.2 Å². The Balaban J connectivity index is 2.29. The van der Waals surface area contributed by atoms with Gasteiger partial charge in [0.1, 0.15) is 5.82 Å². The predicted molar refractivity (Wildman–Crippen MR) is 79.6 cm³/mol. The summed E-state index contributed by atoms with van der Waals surface area (Å²) in [6.07, 6.45) is 0.463. The van der Waals surface area contributed by atoms with Crippen LogP contribution in [0.15, 0.2) is 36.4 Å². The zero-order valence-corrected chi connectivity index (χ0v) is 12.4. The summed E-state index contributed by atoms with van der Waals surface area (Å²) in [6.45, 7) is 1.72. The average molecular weight is 291 g/mol. The van der Waals surface area contributed by atoms with Crippen molar-refractivity contribution < 1.29 is 13.5 Å². The highest BCUT2D eigenvalue weighted by molar-refractivity contribution is 5.33. The van der Waals surface area contributed by atoms with Crippen molar-refractivity contribution in [3.8, 4) is 5.75 Å². The molecule has 2 aromatic carbocycles. The highest BCUT2D eigenvalue weighted by Crippen LogP contribution is 2.26. The Bertz CT molecular complexity index is 628. The van der Waals surface area contributed by atoms with E-state index in [4.69, 9.17) is 4.74 Å². The Hall–Kier alpha value is -1.94.